The third-order valence-electron chi connectivity index (χ3n) is 3.75. The summed E-state index contributed by atoms with van der Waals surface area (Å²) in [5.74, 6) is -0.238. The molecule has 1 aliphatic carbocycles. The van der Waals surface area contributed by atoms with Gasteiger partial charge in [0, 0.05) is 24.8 Å². The quantitative estimate of drug-likeness (QED) is 0.837. The van der Waals surface area contributed by atoms with Crippen molar-refractivity contribution in [2.45, 2.75) is 19.8 Å². The molecule has 1 saturated carbocycles. The van der Waals surface area contributed by atoms with Crippen molar-refractivity contribution in [1.29, 1.82) is 0 Å². The molecule has 2 amide bonds. The van der Waals surface area contributed by atoms with Gasteiger partial charge in [-0.1, -0.05) is 13.5 Å². The van der Waals surface area contributed by atoms with Gasteiger partial charge in [0.2, 0.25) is 5.91 Å². The fraction of sp³-hybridized carbons (Fsp3) is 0.375. The largest absolute Gasteiger partial charge is 0.355 e. The highest BCUT2D eigenvalue weighted by Gasteiger charge is 2.40. The van der Waals surface area contributed by atoms with Crippen LogP contribution in [0, 0.1) is 5.41 Å². The van der Waals surface area contributed by atoms with Crippen LogP contribution in [0.15, 0.2) is 36.9 Å². The molecular weight excluding hydrogens is 252 g/mol. The van der Waals surface area contributed by atoms with E-state index in [9.17, 15) is 9.59 Å². The van der Waals surface area contributed by atoms with Crippen molar-refractivity contribution in [3.8, 4) is 0 Å². The number of carbonyl (C=O) groups is 2. The second kappa shape index (κ2) is 5.49. The van der Waals surface area contributed by atoms with Crippen LogP contribution in [0.4, 0.5) is 5.69 Å². The lowest BCUT2D eigenvalue weighted by Gasteiger charge is -2.25. The summed E-state index contributed by atoms with van der Waals surface area (Å²) in [6.45, 7) is 6.43. The average molecular weight is 272 g/mol. The standard InChI is InChI=1S/C16H20N2O2/c1-4-14(19)18(11-16(2)9-10-16)13-7-5-12(6-8-13)15(20)17-3/h4-8H,1,9-11H2,2-3H3,(H,17,20). The molecule has 0 saturated heterocycles. The van der Waals surface area contributed by atoms with Gasteiger partial charge in [-0.2, -0.15) is 0 Å². The topological polar surface area (TPSA) is 49.4 Å². The molecule has 4 nitrogen and oxygen atoms in total. The van der Waals surface area contributed by atoms with Crippen molar-refractivity contribution in [2.75, 3.05) is 18.5 Å². The van der Waals surface area contributed by atoms with E-state index in [4.69, 9.17) is 0 Å². The lowest BCUT2D eigenvalue weighted by Crippen LogP contribution is -2.34. The molecule has 106 valence electrons. The van der Waals surface area contributed by atoms with E-state index in [0.29, 0.717) is 12.1 Å². The fourth-order valence-corrected chi connectivity index (χ4v) is 2.10. The first-order chi connectivity index (χ1) is 9.49. The maximum Gasteiger partial charge on any atom is 0.251 e. The molecule has 2 rings (SSSR count). The highest BCUT2D eigenvalue weighted by molar-refractivity contribution is 6.01. The molecular formula is C16H20N2O2. The summed E-state index contributed by atoms with van der Waals surface area (Å²) in [4.78, 5) is 25.3. The van der Waals surface area contributed by atoms with Gasteiger partial charge in [-0.25, -0.2) is 0 Å². The van der Waals surface area contributed by atoms with E-state index in [1.807, 2.05) is 0 Å². The predicted octanol–water partition coefficient (Wildman–Crippen LogP) is 2.37. The van der Waals surface area contributed by atoms with Crippen molar-refractivity contribution in [2.24, 2.45) is 5.41 Å². The Morgan fingerprint density at radius 2 is 1.95 bits per heavy atom. The number of hydrogen-bond acceptors (Lipinski definition) is 2. The predicted molar refractivity (Wildman–Crippen MR) is 79.7 cm³/mol. The second-order valence-electron chi connectivity index (χ2n) is 5.57. The van der Waals surface area contributed by atoms with Crippen LogP contribution in [-0.2, 0) is 4.79 Å². The van der Waals surface area contributed by atoms with Crippen LogP contribution in [0.25, 0.3) is 0 Å². The van der Waals surface area contributed by atoms with Crippen molar-refractivity contribution >= 4 is 17.5 Å². The van der Waals surface area contributed by atoms with Crippen LogP contribution in [0.1, 0.15) is 30.1 Å². The van der Waals surface area contributed by atoms with E-state index < -0.39 is 0 Å². The van der Waals surface area contributed by atoms with E-state index in [1.54, 1.807) is 36.2 Å². The molecule has 1 aliphatic rings. The van der Waals surface area contributed by atoms with Crippen LogP contribution >= 0.6 is 0 Å². The number of hydrogen-bond donors (Lipinski definition) is 1. The van der Waals surface area contributed by atoms with E-state index in [0.717, 1.165) is 18.5 Å². The average Bonchev–Trinajstić information content (AvgIpc) is 3.21. The van der Waals surface area contributed by atoms with Crippen molar-refractivity contribution in [3.63, 3.8) is 0 Å². The molecule has 1 N–H and O–H groups in total. The Morgan fingerprint density at radius 3 is 2.40 bits per heavy atom. The molecule has 0 bridgehead atoms. The Bertz CT molecular complexity index is 530. The summed E-state index contributed by atoms with van der Waals surface area (Å²) >= 11 is 0. The minimum atomic E-state index is -0.132. The first-order valence-electron chi connectivity index (χ1n) is 6.75. The highest BCUT2D eigenvalue weighted by Crippen LogP contribution is 2.46. The van der Waals surface area contributed by atoms with Crippen LogP contribution in [0.3, 0.4) is 0 Å². The molecule has 0 spiro atoms. The number of benzene rings is 1. The van der Waals surface area contributed by atoms with Gasteiger partial charge in [0.25, 0.3) is 5.91 Å². The van der Waals surface area contributed by atoms with Crippen molar-refractivity contribution in [3.05, 3.63) is 42.5 Å². The third kappa shape index (κ3) is 3.07. The normalized spacial score (nSPS) is 15.3. The Labute approximate surface area is 119 Å². The zero-order valence-electron chi connectivity index (χ0n) is 12.0. The molecule has 20 heavy (non-hydrogen) atoms. The molecule has 1 aromatic rings. The number of anilines is 1. The molecule has 0 radical (unpaired) electrons. The SMILES string of the molecule is C=CC(=O)N(CC1(C)CC1)c1ccc(C(=O)NC)cc1. The molecule has 0 unspecified atom stereocenters. The van der Waals surface area contributed by atoms with Gasteiger partial charge in [0.15, 0.2) is 0 Å². The van der Waals surface area contributed by atoms with Gasteiger partial charge < -0.3 is 10.2 Å². The minimum Gasteiger partial charge on any atom is -0.355 e. The summed E-state index contributed by atoms with van der Waals surface area (Å²) in [5, 5.41) is 2.58. The summed E-state index contributed by atoms with van der Waals surface area (Å²) < 4.78 is 0. The van der Waals surface area contributed by atoms with Gasteiger partial charge in [-0.05, 0) is 48.6 Å². The summed E-state index contributed by atoms with van der Waals surface area (Å²) in [7, 11) is 1.59. The smallest absolute Gasteiger partial charge is 0.251 e. The van der Waals surface area contributed by atoms with Crippen molar-refractivity contribution < 1.29 is 9.59 Å². The zero-order chi connectivity index (χ0) is 14.8. The molecule has 0 aliphatic heterocycles. The van der Waals surface area contributed by atoms with E-state index in [1.165, 1.54) is 6.08 Å². The summed E-state index contributed by atoms with van der Waals surface area (Å²) in [5.41, 5.74) is 1.61. The number of carbonyl (C=O) groups excluding carboxylic acids is 2. The number of nitrogens with zero attached hydrogens (tertiary/aromatic N) is 1. The van der Waals surface area contributed by atoms with Crippen molar-refractivity contribution in [1.82, 2.24) is 5.32 Å². The van der Waals surface area contributed by atoms with Crippen LogP contribution in [-0.4, -0.2) is 25.4 Å². The Balaban J connectivity index is 2.22. The highest BCUT2D eigenvalue weighted by atomic mass is 16.2. The molecule has 1 aromatic carbocycles. The van der Waals surface area contributed by atoms with Gasteiger partial charge in [0.05, 0.1) is 0 Å². The van der Waals surface area contributed by atoms with Gasteiger partial charge in [-0.15, -0.1) is 0 Å². The maximum absolute atomic E-state index is 12.0. The zero-order valence-corrected chi connectivity index (χ0v) is 12.0. The fourth-order valence-electron chi connectivity index (χ4n) is 2.10. The molecule has 0 aromatic heterocycles. The summed E-state index contributed by atoms with van der Waals surface area (Å²) in [6, 6.07) is 7.06. The monoisotopic (exact) mass is 272 g/mol. The lowest BCUT2D eigenvalue weighted by molar-refractivity contribution is -0.114. The maximum atomic E-state index is 12.0. The van der Waals surface area contributed by atoms with E-state index in [-0.39, 0.29) is 17.2 Å². The number of rotatable bonds is 5. The molecule has 4 heteroatoms. The number of amides is 2. The Kier molecular flexibility index (Phi) is 3.93. The summed E-state index contributed by atoms with van der Waals surface area (Å²) in [6.07, 6.45) is 3.62. The van der Waals surface area contributed by atoms with E-state index in [2.05, 4.69) is 18.8 Å². The number of nitrogens with one attached hydrogen (secondary N) is 1. The van der Waals surface area contributed by atoms with Gasteiger partial charge in [0.1, 0.15) is 0 Å². The van der Waals surface area contributed by atoms with E-state index >= 15 is 0 Å². The Morgan fingerprint density at radius 1 is 1.35 bits per heavy atom. The molecule has 0 atom stereocenters. The first-order valence-corrected chi connectivity index (χ1v) is 6.75. The van der Waals surface area contributed by atoms with Gasteiger partial charge in [-0.3, -0.25) is 9.59 Å². The van der Waals surface area contributed by atoms with Crippen LogP contribution in [0.5, 0.6) is 0 Å². The van der Waals surface area contributed by atoms with Crippen LogP contribution in [0.2, 0.25) is 0 Å². The van der Waals surface area contributed by atoms with Gasteiger partial charge >= 0.3 is 0 Å². The van der Waals surface area contributed by atoms with Crippen LogP contribution < -0.4 is 10.2 Å². The second-order valence-corrected chi connectivity index (χ2v) is 5.57. The lowest BCUT2D eigenvalue weighted by atomic mass is 10.1. The first kappa shape index (κ1) is 14.3. The minimum absolute atomic E-state index is 0.106. The molecule has 0 heterocycles. The molecule has 1 fully saturated rings. The Hall–Kier alpha value is -2.10. The third-order valence-corrected chi connectivity index (χ3v) is 3.75.